The largest absolute Gasteiger partial charge is 0.463 e. The van der Waals surface area contributed by atoms with E-state index in [9.17, 15) is 14.9 Å². The van der Waals surface area contributed by atoms with Crippen LogP contribution in [0, 0.1) is 10.1 Å². The van der Waals surface area contributed by atoms with Gasteiger partial charge in [-0.15, -0.1) is 10.1 Å². The second-order valence-electron chi connectivity index (χ2n) is 4.83. The lowest BCUT2D eigenvalue weighted by atomic mass is 10.1. The van der Waals surface area contributed by atoms with Crippen molar-refractivity contribution in [3.8, 4) is 0 Å². The van der Waals surface area contributed by atoms with Crippen molar-refractivity contribution >= 4 is 40.5 Å². The number of esters is 1. The summed E-state index contributed by atoms with van der Waals surface area (Å²) in [6.45, 7) is -0.514. The summed E-state index contributed by atoms with van der Waals surface area (Å²) in [6.07, 6.45) is -0.0241. The summed E-state index contributed by atoms with van der Waals surface area (Å²) in [5.74, 6) is -0.536. The molecule has 0 saturated heterocycles. The van der Waals surface area contributed by atoms with Gasteiger partial charge in [-0.25, -0.2) is 0 Å². The highest BCUT2D eigenvalue weighted by atomic mass is 35.5. The van der Waals surface area contributed by atoms with Crippen molar-refractivity contribution in [1.29, 1.82) is 0 Å². The highest BCUT2D eigenvalue weighted by Crippen LogP contribution is 2.33. The van der Waals surface area contributed by atoms with Crippen LogP contribution in [0.3, 0.4) is 0 Å². The summed E-state index contributed by atoms with van der Waals surface area (Å²) >= 11 is 12.3. The van der Waals surface area contributed by atoms with E-state index in [1.165, 1.54) is 0 Å². The fraction of sp³-hybridized carbons (Fsp3) is 0.188. The Morgan fingerprint density at radius 1 is 1.08 bits per heavy atom. The lowest BCUT2D eigenvalue weighted by molar-refractivity contribution is -0.757. The molecule has 7 nitrogen and oxygen atoms in total. The first kappa shape index (κ1) is 18.8. The number of benzene rings is 2. The Morgan fingerprint density at radius 3 is 2.44 bits per heavy atom. The fourth-order valence-corrected chi connectivity index (χ4v) is 2.51. The minimum absolute atomic E-state index is 0.0241. The van der Waals surface area contributed by atoms with Gasteiger partial charge in [0.15, 0.2) is 0 Å². The number of rotatable bonds is 8. The molecule has 0 spiro atoms. The molecule has 1 N–H and O–H groups in total. The summed E-state index contributed by atoms with van der Waals surface area (Å²) in [4.78, 5) is 26.0. The van der Waals surface area contributed by atoms with Crippen molar-refractivity contribution < 1.29 is 19.5 Å². The third-order valence-corrected chi connectivity index (χ3v) is 3.75. The minimum Gasteiger partial charge on any atom is -0.463 e. The van der Waals surface area contributed by atoms with Crippen molar-refractivity contribution in [3.63, 3.8) is 0 Å². The maximum atomic E-state index is 11.9. The van der Waals surface area contributed by atoms with Gasteiger partial charge in [-0.05, 0) is 23.8 Å². The molecule has 9 heteroatoms. The Bertz CT molecular complexity index is 750. The van der Waals surface area contributed by atoms with Crippen molar-refractivity contribution in [2.24, 2.45) is 0 Å². The van der Waals surface area contributed by atoms with Crippen LogP contribution in [0.25, 0.3) is 0 Å². The van der Waals surface area contributed by atoms with Gasteiger partial charge < -0.3 is 14.9 Å². The van der Waals surface area contributed by atoms with E-state index < -0.39 is 11.1 Å². The van der Waals surface area contributed by atoms with Crippen LogP contribution in [0.4, 0.5) is 11.4 Å². The normalized spacial score (nSPS) is 10.2. The lowest BCUT2D eigenvalue weighted by Crippen LogP contribution is -2.15. The van der Waals surface area contributed by atoms with Crippen LogP contribution in [0.15, 0.2) is 42.5 Å². The second-order valence-corrected chi connectivity index (χ2v) is 5.65. The number of anilines is 2. The molecule has 0 amide bonds. The lowest BCUT2D eigenvalue weighted by Gasteiger charge is -2.14. The van der Waals surface area contributed by atoms with E-state index in [2.05, 4.69) is 10.2 Å². The molecule has 0 saturated carbocycles. The summed E-state index contributed by atoms with van der Waals surface area (Å²) < 4.78 is 4.90. The molecule has 0 aliphatic heterocycles. The zero-order chi connectivity index (χ0) is 18.2. The molecule has 0 atom stereocenters. The number of carbonyl (C=O) groups excluding carboxylic acids is 1. The Kier molecular flexibility index (Phi) is 6.85. The van der Waals surface area contributed by atoms with Gasteiger partial charge in [0.05, 0.1) is 22.2 Å². The van der Waals surface area contributed by atoms with Gasteiger partial charge in [-0.3, -0.25) is 4.79 Å². The average molecular weight is 385 g/mol. The van der Waals surface area contributed by atoms with Crippen LogP contribution in [-0.2, 0) is 20.8 Å². The first-order chi connectivity index (χ1) is 12.0. The summed E-state index contributed by atoms with van der Waals surface area (Å²) in [5, 5.41) is 13.1. The molecule has 0 heterocycles. The number of halogens is 2. The van der Waals surface area contributed by atoms with E-state index in [1.807, 2.05) is 0 Å². The highest BCUT2D eigenvalue weighted by molar-refractivity contribution is 6.39. The maximum absolute atomic E-state index is 11.9. The first-order valence-corrected chi connectivity index (χ1v) is 7.95. The smallest absolute Gasteiger partial charge is 0.310 e. The van der Waals surface area contributed by atoms with E-state index in [1.54, 1.807) is 42.5 Å². The number of ether oxygens (including phenoxy) is 1. The Hall–Kier alpha value is -2.51. The first-order valence-electron chi connectivity index (χ1n) is 7.19. The van der Waals surface area contributed by atoms with Crippen LogP contribution in [0.1, 0.15) is 5.56 Å². The highest BCUT2D eigenvalue weighted by Gasteiger charge is 2.12. The molecule has 0 radical (unpaired) electrons. The molecule has 2 rings (SSSR count). The molecule has 0 aromatic heterocycles. The second kappa shape index (κ2) is 9.10. The third-order valence-electron chi connectivity index (χ3n) is 3.12. The van der Waals surface area contributed by atoms with Gasteiger partial charge in [0.1, 0.15) is 13.2 Å². The maximum Gasteiger partial charge on any atom is 0.310 e. The van der Waals surface area contributed by atoms with Gasteiger partial charge in [0.25, 0.3) is 5.09 Å². The zero-order valence-corrected chi connectivity index (χ0v) is 14.4. The van der Waals surface area contributed by atoms with Gasteiger partial charge >= 0.3 is 5.97 Å². The van der Waals surface area contributed by atoms with Gasteiger partial charge in [-0.2, -0.15) is 0 Å². The molecule has 0 bridgehead atoms. The summed E-state index contributed by atoms with van der Waals surface area (Å²) in [6, 6.07) is 12.2. The molecular weight excluding hydrogens is 371 g/mol. The molecule has 0 aliphatic carbocycles. The van der Waals surface area contributed by atoms with Gasteiger partial charge in [0, 0.05) is 5.69 Å². The average Bonchev–Trinajstić information content (AvgIpc) is 2.56. The van der Waals surface area contributed by atoms with Crippen LogP contribution in [-0.4, -0.2) is 24.3 Å². The molecular formula is C16H14Cl2N2O5. The van der Waals surface area contributed by atoms with Crippen molar-refractivity contribution in [1.82, 2.24) is 0 Å². The van der Waals surface area contributed by atoms with E-state index >= 15 is 0 Å². The number of nitrogens with zero attached hydrogens (tertiary/aromatic N) is 1. The fourth-order valence-electron chi connectivity index (χ4n) is 2.02. The molecule has 0 aliphatic rings. The number of nitrogens with one attached hydrogen (secondary N) is 1. The number of hydrogen-bond donors (Lipinski definition) is 1. The van der Waals surface area contributed by atoms with Crippen molar-refractivity contribution in [2.75, 3.05) is 18.5 Å². The summed E-state index contributed by atoms with van der Waals surface area (Å²) in [5.41, 5.74) is 1.85. The molecule has 2 aromatic carbocycles. The van der Waals surface area contributed by atoms with Crippen molar-refractivity contribution in [3.05, 3.63) is 68.2 Å². The van der Waals surface area contributed by atoms with E-state index in [4.69, 9.17) is 27.9 Å². The van der Waals surface area contributed by atoms with Gasteiger partial charge in [0.2, 0.25) is 0 Å². The van der Waals surface area contributed by atoms with E-state index in [0.717, 1.165) is 0 Å². The zero-order valence-electron chi connectivity index (χ0n) is 12.9. The molecule has 132 valence electrons. The Labute approximate surface area is 153 Å². The van der Waals surface area contributed by atoms with Crippen LogP contribution in [0.2, 0.25) is 10.0 Å². The van der Waals surface area contributed by atoms with E-state index in [-0.39, 0.29) is 19.6 Å². The molecule has 0 fully saturated rings. The molecule has 25 heavy (non-hydrogen) atoms. The Balaban J connectivity index is 2.03. The molecule has 2 aromatic rings. The monoisotopic (exact) mass is 384 g/mol. The number of carbonyl (C=O) groups is 1. The van der Waals surface area contributed by atoms with Gasteiger partial charge in [-0.1, -0.05) is 47.5 Å². The third kappa shape index (κ3) is 5.81. The predicted octanol–water partition coefficient (Wildman–Crippen LogP) is 4.03. The van der Waals surface area contributed by atoms with E-state index in [0.29, 0.717) is 27.0 Å². The number of hydrogen-bond acceptors (Lipinski definition) is 6. The quantitative estimate of drug-likeness (QED) is 0.319. The topological polar surface area (TPSA) is 90.7 Å². The van der Waals surface area contributed by atoms with Crippen LogP contribution in [0.5, 0.6) is 0 Å². The summed E-state index contributed by atoms with van der Waals surface area (Å²) in [7, 11) is 0. The minimum atomic E-state index is -0.944. The SMILES string of the molecule is O=C(Cc1ccccc1Nc1c(Cl)cccc1Cl)OCCO[N+](=O)[O-]. The Morgan fingerprint density at radius 2 is 1.76 bits per heavy atom. The number of para-hydroxylation sites is 2. The van der Waals surface area contributed by atoms with Crippen LogP contribution >= 0.6 is 23.2 Å². The van der Waals surface area contributed by atoms with Crippen molar-refractivity contribution in [2.45, 2.75) is 6.42 Å². The predicted molar refractivity (Wildman–Crippen MR) is 93.8 cm³/mol. The molecule has 0 unspecified atom stereocenters. The van der Waals surface area contributed by atoms with Crippen LogP contribution < -0.4 is 5.32 Å². The standard InChI is InChI=1S/C16H14Cl2N2O5/c17-12-5-3-6-13(18)16(12)19-14-7-2-1-4-11(14)10-15(21)24-8-9-25-20(22)23/h1-7,19H,8-10H2.